The Morgan fingerprint density at radius 2 is 2.00 bits per heavy atom. The van der Waals surface area contributed by atoms with Crippen LogP contribution in [-0.4, -0.2) is 31.4 Å². The monoisotopic (exact) mass is 331 g/mol. The van der Waals surface area contributed by atoms with Crippen LogP contribution in [0.15, 0.2) is 52.4 Å². The van der Waals surface area contributed by atoms with Gasteiger partial charge >= 0.3 is 0 Å². The maximum atomic E-state index is 12.4. The summed E-state index contributed by atoms with van der Waals surface area (Å²) in [5.41, 5.74) is 1.51. The molecule has 0 radical (unpaired) electrons. The molecule has 22 heavy (non-hydrogen) atoms. The standard InChI is InChI=1S/C16H13NO3S2/c18-22(19,10-12-9-21-12)13-6-5-11-8-17-14-3-1-2-4-15(14)20-16(11)7-13/h1-8,12H,9-10H2. The molecule has 1 fully saturated rings. The minimum absolute atomic E-state index is 0.196. The van der Waals surface area contributed by atoms with Gasteiger partial charge in [-0.2, -0.15) is 11.8 Å². The molecule has 2 aromatic carbocycles. The number of sulfone groups is 1. The number of para-hydroxylation sites is 2. The zero-order valence-corrected chi connectivity index (χ0v) is 13.2. The van der Waals surface area contributed by atoms with Crippen LogP contribution in [0.2, 0.25) is 0 Å². The molecule has 1 saturated heterocycles. The van der Waals surface area contributed by atoms with E-state index in [1.54, 1.807) is 36.2 Å². The Labute approximate surface area is 133 Å². The molecule has 0 aliphatic carbocycles. The lowest BCUT2D eigenvalue weighted by Crippen LogP contribution is -2.11. The average molecular weight is 331 g/mol. The van der Waals surface area contributed by atoms with E-state index in [4.69, 9.17) is 4.74 Å². The first-order valence-corrected chi connectivity index (χ1v) is 9.61. The van der Waals surface area contributed by atoms with Crippen LogP contribution >= 0.6 is 11.8 Å². The van der Waals surface area contributed by atoms with Crippen molar-refractivity contribution >= 4 is 33.5 Å². The van der Waals surface area contributed by atoms with Gasteiger partial charge in [-0.1, -0.05) is 12.1 Å². The molecule has 4 nitrogen and oxygen atoms in total. The summed E-state index contributed by atoms with van der Waals surface area (Å²) in [4.78, 5) is 4.69. The Morgan fingerprint density at radius 3 is 2.82 bits per heavy atom. The number of nitrogens with zero attached hydrogens (tertiary/aromatic N) is 1. The van der Waals surface area contributed by atoms with Crippen molar-refractivity contribution < 1.29 is 13.2 Å². The predicted molar refractivity (Wildman–Crippen MR) is 88.5 cm³/mol. The van der Waals surface area contributed by atoms with E-state index in [9.17, 15) is 8.42 Å². The molecule has 2 heterocycles. The van der Waals surface area contributed by atoms with Crippen LogP contribution < -0.4 is 4.74 Å². The third-order valence-corrected chi connectivity index (χ3v) is 6.58. The van der Waals surface area contributed by atoms with Gasteiger partial charge in [-0.3, -0.25) is 4.99 Å². The Bertz CT molecular complexity index is 871. The first-order chi connectivity index (χ1) is 10.6. The highest BCUT2D eigenvalue weighted by molar-refractivity contribution is 8.08. The van der Waals surface area contributed by atoms with Gasteiger partial charge in [-0.25, -0.2) is 8.42 Å². The second kappa shape index (κ2) is 5.14. The highest BCUT2D eigenvalue weighted by Gasteiger charge is 2.30. The van der Waals surface area contributed by atoms with Crippen LogP contribution in [0.4, 0.5) is 5.69 Å². The zero-order chi connectivity index (χ0) is 15.2. The molecule has 0 bridgehead atoms. The van der Waals surface area contributed by atoms with Crippen molar-refractivity contribution in [2.45, 2.75) is 10.1 Å². The summed E-state index contributed by atoms with van der Waals surface area (Å²) in [6.45, 7) is 0. The van der Waals surface area contributed by atoms with Gasteiger partial charge in [-0.15, -0.1) is 0 Å². The van der Waals surface area contributed by atoms with Gasteiger partial charge in [0, 0.05) is 28.8 Å². The van der Waals surface area contributed by atoms with E-state index in [1.807, 2.05) is 24.3 Å². The van der Waals surface area contributed by atoms with Gasteiger partial charge < -0.3 is 4.74 Å². The van der Waals surface area contributed by atoms with Crippen LogP contribution in [0, 0.1) is 0 Å². The molecule has 1 atom stereocenters. The number of fused-ring (bicyclic) bond motifs is 2. The number of ether oxygens (including phenoxy) is 1. The van der Waals surface area contributed by atoms with Gasteiger partial charge in [0.1, 0.15) is 11.4 Å². The normalized spacial score (nSPS) is 18.8. The van der Waals surface area contributed by atoms with Crippen LogP contribution in [0.5, 0.6) is 11.5 Å². The topological polar surface area (TPSA) is 55.7 Å². The van der Waals surface area contributed by atoms with Gasteiger partial charge in [0.15, 0.2) is 15.6 Å². The van der Waals surface area contributed by atoms with Crippen LogP contribution in [0.1, 0.15) is 5.56 Å². The third kappa shape index (κ3) is 2.64. The van der Waals surface area contributed by atoms with Crippen molar-refractivity contribution in [2.24, 2.45) is 4.99 Å². The fourth-order valence-electron chi connectivity index (χ4n) is 2.32. The number of aliphatic imine (C=N–C) groups is 1. The van der Waals surface area contributed by atoms with E-state index >= 15 is 0 Å². The van der Waals surface area contributed by atoms with Crippen molar-refractivity contribution in [3.05, 3.63) is 48.0 Å². The molecule has 2 aliphatic heterocycles. The number of hydrogen-bond donors (Lipinski definition) is 0. The fraction of sp³-hybridized carbons (Fsp3) is 0.188. The lowest BCUT2D eigenvalue weighted by Gasteiger charge is -2.10. The van der Waals surface area contributed by atoms with E-state index in [0.717, 1.165) is 17.0 Å². The summed E-state index contributed by atoms with van der Waals surface area (Å²) in [7, 11) is -3.27. The Hall–Kier alpha value is -1.79. The van der Waals surface area contributed by atoms with Crippen molar-refractivity contribution in [1.82, 2.24) is 0 Å². The lowest BCUT2D eigenvalue weighted by molar-refractivity contribution is 0.483. The minimum atomic E-state index is -3.27. The minimum Gasteiger partial charge on any atom is -0.454 e. The van der Waals surface area contributed by atoms with Crippen molar-refractivity contribution in [2.75, 3.05) is 11.5 Å². The number of hydrogen-bond acceptors (Lipinski definition) is 5. The van der Waals surface area contributed by atoms with Gasteiger partial charge in [0.05, 0.1) is 10.6 Å². The van der Waals surface area contributed by atoms with Crippen LogP contribution in [0.3, 0.4) is 0 Å². The summed E-state index contributed by atoms with van der Waals surface area (Å²) < 4.78 is 30.7. The second-order valence-electron chi connectivity index (χ2n) is 5.26. The highest BCUT2D eigenvalue weighted by Crippen LogP contribution is 2.37. The Morgan fingerprint density at radius 1 is 1.18 bits per heavy atom. The molecule has 0 spiro atoms. The molecule has 4 rings (SSSR count). The highest BCUT2D eigenvalue weighted by atomic mass is 32.2. The summed E-state index contributed by atoms with van der Waals surface area (Å²) >= 11 is 1.68. The quantitative estimate of drug-likeness (QED) is 0.690. The smallest absolute Gasteiger partial charge is 0.179 e. The summed E-state index contributed by atoms with van der Waals surface area (Å²) in [5, 5.41) is 0.243. The van der Waals surface area contributed by atoms with E-state index in [-0.39, 0.29) is 11.0 Å². The molecule has 0 amide bonds. The Kier molecular flexibility index (Phi) is 3.23. The van der Waals surface area contributed by atoms with E-state index in [1.165, 1.54) is 0 Å². The van der Waals surface area contributed by atoms with Gasteiger partial charge in [-0.05, 0) is 24.3 Å². The predicted octanol–water partition coefficient (Wildman–Crippen LogP) is 3.43. The molecule has 0 N–H and O–H groups in total. The number of benzene rings is 2. The maximum absolute atomic E-state index is 12.4. The largest absolute Gasteiger partial charge is 0.454 e. The van der Waals surface area contributed by atoms with Gasteiger partial charge in [0.25, 0.3) is 0 Å². The first kappa shape index (κ1) is 13.8. The van der Waals surface area contributed by atoms with E-state index < -0.39 is 9.84 Å². The summed E-state index contributed by atoms with van der Waals surface area (Å²) in [5.74, 6) is 2.28. The molecule has 112 valence electrons. The number of thioether (sulfide) groups is 1. The maximum Gasteiger partial charge on any atom is 0.179 e. The SMILES string of the molecule is O=S(=O)(CC1CS1)c1ccc2c(c1)Oc1ccccc1N=C2. The van der Waals surface area contributed by atoms with Crippen LogP contribution in [-0.2, 0) is 9.84 Å². The lowest BCUT2D eigenvalue weighted by atomic mass is 10.2. The molecule has 2 aliphatic rings. The fourth-order valence-corrected chi connectivity index (χ4v) is 5.00. The van der Waals surface area contributed by atoms with Crippen molar-refractivity contribution in [3.63, 3.8) is 0 Å². The molecule has 2 aromatic rings. The Balaban J connectivity index is 1.74. The number of rotatable bonds is 3. The van der Waals surface area contributed by atoms with E-state index in [0.29, 0.717) is 16.4 Å². The van der Waals surface area contributed by atoms with Crippen molar-refractivity contribution in [1.29, 1.82) is 0 Å². The van der Waals surface area contributed by atoms with Crippen molar-refractivity contribution in [3.8, 4) is 11.5 Å². The molecule has 6 heteroatoms. The second-order valence-corrected chi connectivity index (χ2v) is 8.63. The third-order valence-electron chi connectivity index (χ3n) is 3.58. The molecular weight excluding hydrogens is 318 g/mol. The molecule has 0 saturated carbocycles. The van der Waals surface area contributed by atoms with Gasteiger partial charge in [0.2, 0.25) is 0 Å². The molecule has 1 unspecified atom stereocenters. The first-order valence-electron chi connectivity index (χ1n) is 6.91. The summed E-state index contributed by atoms with van der Waals surface area (Å²) in [6, 6.07) is 12.4. The molecule has 0 aromatic heterocycles. The van der Waals surface area contributed by atoms with Crippen LogP contribution in [0.25, 0.3) is 0 Å². The average Bonchev–Trinajstić information content (AvgIpc) is 3.31. The van der Waals surface area contributed by atoms with E-state index in [2.05, 4.69) is 4.99 Å². The summed E-state index contributed by atoms with van der Waals surface area (Å²) in [6.07, 6.45) is 1.70. The zero-order valence-electron chi connectivity index (χ0n) is 11.6. The molecular formula is C16H13NO3S2.